The molecule has 0 bridgehead atoms. The van der Waals surface area contributed by atoms with E-state index in [1.165, 1.54) is 28.3 Å². The molecule has 7 heteroatoms. The Morgan fingerprint density at radius 1 is 1.19 bits per heavy atom. The number of fused-ring (bicyclic) bond motifs is 1. The van der Waals surface area contributed by atoms with Crippen molar-refractivity contribution < 1.29 is 33.3 Å². The number of hydrogen-bond acceptors (Lipinski definition) is 7. The second-order valence-corrected chi connectivity index (χ2v) is 5.80. The molecule has 3 aliphatic carbocycles. The zero-order chi connectivity index (χ0) is 15.6. The van der Waals surface area contributed by atoms with Crippen LogP contribution in [0.15, 0.2) is 0 Å². The quantitative estimate of drug-likeness (QED) is 0.529. The van der Waals surface area contributed by atoms with Gasteiger partial charge in [0, 0.05) is 38.9 Å². The first-order valence-electron chi connectivity index (χ1n) is 6.82. The Hall–Kier alpha value is -1.47. The minimum atomic E-state index is -1.45. The maximum atomic E-state index is 12.7. The number of Topliss-reactive ketones (excluding diaryl/α,β-unsaturated/α-hetero) is 1. The summed E-state index contributed by atoms with van der Waals surface area (Å²) in [6, 6.07) is 0. The third-order valence-electron chi connectivity index (χ3n) is 5.31. The average molecular weight is 298 g/mol. The van der Waals surface area contributed by atoms with Crippen LogP contribution in [0.25, 0.3) is 0 Å². The van der Waals surface area contributed by atoms with Crippen LogP contribution in [0.5, 0.6) is 0 Å². The van der Waals surface area contributed by atoms with E-state index in [1.54, 1.807) is 0 Å². The third kappa shape index (κ3) is 1.38. The highest BCUT2D eigenvalue weighted by atomic mass is 16.7. The van der Waals surface area contributed by atoms with Gasteiger partial charge in [-0.15, -0.1) is 0 Å². The molecule has 0 radical (unpaired) electrons. The first-order valence-corrected chi connectivity index (χ1v) is 6.82. The zero-order valence-electron chi connectivity index (χ0n) is 12.4. The Labute approximate surface area is 121 Å². The van der Waals surface area contributed by atoms with Crippen molar-refractivity contribution in [2.24, 2.45) is 23.2 Å². The number of methoxy groups -OCH3 is 3. The molecule has 0 aromatic heterocycles. The van der Waals surface area contributed by atoms with Crippen LogP contribution in [0.4, 0.5) is 0 Å². The molecule has 3 rings (SSSR count). The van der Waals surface area contributed by atoms with Crippen LogP contribution in [0, 0.1) is 23.2 Å². The lowest BCUT2D eigenvalue weighted by Gasteiger charge is -2.32. The van der Waals surface area contributed by atoms with E-state index in [9.17, 15) is 14.4 Å². The molecule has 0 amide bonds. The Bertz CT molecular complexity index is 523. The van der Waals surface area contributed by atoms with E-state index in [-0.39, 0.29) is 11.7 Å². The molecule has 21 heavy (non-hydrogen) atoms. The standard InChI is InChI=1S/C14H18O7/c1-6(15)21-7-5-8-13(12(17)18-2)9(7)10(13)11(16)14(8,19-3)20-4/h7-10H,5H2,1-4H3/t7-,8-,9+,10-,13+/m1/s1. The summed E-state index contributed by atoms with van der Waals surface area (Å²) in [4.78, 5) is 36.2. The smallest absolute Gasteiger partial charge is 0.313 e. The van der Waals surface area contributed by atoms with Crippen molar-refractivity contribution in [1.82, 2.24) is 0 Å². The summed E-state index contributed by atoms with van der Waals surface area (Å²) in [6.45, 7) is 1.31. The lowest BCUT2D eigenvalue weighted by Crippen LogP contribution is -2.48. The van der Waals surface area contributed by atoms with E-state index in [0.29, 0.717) is 6.42 Å². The van der Waals surface area contributed by atoms with Gasteiger partial charge >= 0.3 is 11.9 Å². The number of ether oxygens (including phenoxy) is 4. The Balaban J connectivity index is 2.04. The van der Waals surface area contributed by atoms with Crippen LogP contribution in [-0.2, 0) is 33.3 Å². The van der Waals surface area contributed by atoms with E-state index in [0.717, 1.165) is 0 Å². The van der Waals surface area contributed by atoms with Gasteiger partial charge in [-0.3, -0.25) is 14.4 Å². The molecule has 0 aromatic rings. The van der Waals surface area contributed by atoms with E-state index in [1.807, 2.05) is 0 Å². The normalized spacial score (nSPS) is 41.6. The van der Waals surface area contributed by atoms with Gasteiger partial charge in [-0.1, -0.05) is 0 Å². The van der Waals surface area contributed by atoms with Gasteiger partial charge in [0.25, 0.3) is 0 Å². The first-order chi connectivity index (χ1) is 9.91. The molecule has 0 unspecified atom stereocenters. The summed E-state index contributed by atoms with van der Waals surface area (Å²) in [5.74, 6) is -3.99. The van der Waals surface area contributed by atoms with Crippen molar-refractivity contribution in [3.63, 3.8) is 0 Å². The molecule has 0 N–H and O–H groups in total. The maximum Gasteiger partial charge on any atom is 0.313 e. The number of carbonyl (C=O) groups is 3. The van der Waals surface area contributed by atoms with Crippen molar-refractivity contribution in [2.75, 3.05) is 21.3 Å². The topological polar surface area (TPSA) is 88.1 Å². The third-order valence-corrected chi connectivity index (χ3v) is 5.31. The van der Waals surface area contributed by atoms with E-state index in [4.69, 9.17) is 18.9 Å². The molecule has 3 aliphatic rings. The second kappa shape index (κ2) is 4.27. The second-order valence-electron chi connectivity index (χ2n) is 5.80. The highest BCUT2D eigenvalue weighted by Gasteiger charge is 2.92. The zero-order valence-corrected chi connectivity index (χ0v) is 12.4. The maximum absolute atomic E-state index is 12.7. The van der Waals surface area contributed by atoms with Crippen molar-refractivity contribution in [3.05, 3.63) is 0 Å². The highest BCUT2D eigenvalue weighted by Crippen LogP contribution is 2.79. The molecule has 5 atom stereocenters. The van der Waals surface area contributed by atoms with Crippen LogP contribution in [-0.4, -0.2) is 50.9 Å². The summed E-state index contributed by atoms with van der Waals surface area (Å²) in [7, 11) is 4.05. The van der Waals surface area contributed by atoms with Crippen molar-refractivity contribution in [1.29, 1.82) is 0 Å². The molecule has 7 nitrogen and oxygen atoms in total. The van der Waals surface area contributed by atoms with Crippen LogP contribution in [0.3, 0.4) is 0 Å². The molecule has 0 aromatic carbocycles. The number of esters is 2. The Morgan fingerprint density at radius 3 is 2.29 bits per heavy atom. The monoisotopic (exact) mass is 298 g/mol. The van der Waals surface area contributed by atoms with E-state index in [2.05, 4.69) is 0 Å². The van der Waals surface area contributed by atoms with Gasteiger partial charge in [0.05, 0.1) is 12.5 Å². The minimum Gasteiger partial charge on any atom is -0.469 e. The average Bonchev–Trinajstić information content (AvgIpc) is 3.01. The molecule has 0 spiro atoms. The lowest BCUT2D eigenvalue weighted by atomic mass is 9.87. The van der Waals surface area contributed by atoms with Crippen molar-refractivity contribution in [2.45, 2.75) is 25.2 Å². The van der Waals surface area contributed by atoms with Crippen LogP contribution < -0.4 is 0 Å². The van der Waals surface area contributed by atoms with Gasteiger partial charge in [-0.2, -0.15) is 0 Å². The SMILES string of the molecule is COC(=O)[C@]12[C@H]3[C@H](OC(C)=O)C[C@H]1C(OC)(OC)C(=O)[C@@H]32. The van der Waals surface area contributed by atoms with Crippen LogP contribution in [0.1, 0.15) is 13.3 Å². The summed E-state index contributed by atoms with van der Waals surface area (Å²) >= 11 is 0. The molecule has 3 saturated carbocycles. The molecule has 0 saturated heterocycles. The van der Waals surface area contributed by atoms with Gasteiger partial charge in [0.15, 0.2) is 5.78 Å². The van der Waals surface area contributed by atoms with E-state index < -0.39 is 41.1 Å². The summed E-state index contributed by atoms with van der Waals surface area (Å²) in [5.41, 5.74) is -0.974. The first kappa shape index (κ1) is 14.5. The summed E-state index contributed by atoms with van der Waals surface area (Å²) in [5, 5.41) is 0. The largest absolute Gasteiger partial charge is 0.469 e. The number of hydrogen-bond donors (Lipinski definition) is 0. The Morgan fingerprint density at radius 2 is 1.81 bits per heavy atom. The lowest BCUT2D eigenvalue weighted by molar-refractivity contribution is -0.228. The van der Waals surface area contributed by atoms with E-state index >= 15 is 0 Å². The minimum absolute atomic E-state index is 0.262. The van der Waals surface area contributed by atoms with Crippen LogP contribution >= 0.6 is 0 Å². The van der Waals surface area contributed by atoms with Gasteiger partial charge < -0.3 is 18.9 Å². The van der Waals surface area contributed by atoms with Crippen LogP contribution in [0.2, 0.25) is 0 Å². The fourth-order valence-electron chi connectivity index (χ4n) is 4.70. The molecule has 0 heterocycles. The van der Waals surface area contributed by atoms with Crippen molar-refractivity contribution in [3.8, 4) is 0 Å². The number of carbonyl (C=O) groups excluding carboxylic acids is 3. The van der Waals surface area contributed by atoms with Gasteiger partial charge in [0.2, 0.25) is 5.79 Å². The fraction of sp³-hybridized carbons (Fsp3) is 0.786. The van der Waals surface area contributed by atoms with Crippen molar-refractivity contribution >= 4 is 17.7 Å². The Kier molecular flexibility index (Phi) is 2.94. The highest BCUT2D eigenvalue weighted by molar-refractivity contribution is 6.05. The molecule has 0 aliphatic heterocycles. The summed E-state index contributed by atoms with van der Waals surface area (Å²) in [6.07, 6.45) is -0.128. The predicted molar refractivity (Wildman–Crippen MR) is 66.8 cm³/mol. The molecular formula is C14H18O7. The van der Waals surface area contributed by atoms with Gasteiger partial charge in [-0.05, 0) is 6.42 Å². The predicted octanol–water partition coefficient (Wildman–Crippen LogP) is -0.0848. The van der Waals surface area contributed by atoms with Gasteiger partial charge in [-0.25, -0.2) is 0 Å². The molecule has 116 valence electrons. The van der Waals surface area contributed by atoms with Gasteiger partial charge in [0.1, 0.15) is 6.10 Å². The number of ketones is 1. The number of rotatable bonds is 4. The summed E-state index contributed by atoms with van der Waals surface area (Å²) < 4.78 is 20.9. The molecule has 3 fully saturated rings. The fourth-order valence-corrected chi connectivity index (χ4v) is 4.70. The molecular weight excluding hydrogens is 280 g/mol.